The highest BCUT2D eigenvalue weighted by Crippen LogP contribution is 2.62. The molecule has 8 rings (SSSR count). The molecule has 8 aliphatic carbocycles. The van der Waals surface area contributed by atoms with Gasteiger partial charge in [-0.25, -0.2) is 0 Å². The van der Waals surface area contributed by atoms with Crippen LogP contribution in [0.2, 0.25) is 0 Å². The van der Waals surface area contributed by atoms with Gasteiger partial charge in [0.1, 0.15) is 0 Å². The molecule has 1 amide bonds. The highest BCUT2D eigenvalue weighted by molar-refractivity contribution is 5.84. The van der Waals surface area contributed by atoms with Crippen LogP contribution in [0, 0.1) is 40.9 Å². The van der Waals surface area contributed by atoms with Crippen LogP contribution in [0.1, 0.15) is 83.5 Å². The van der Waals surface area contributed by atoms with Crippen molar-refractivity contribution in [1.82, 2.24) is 5.32 Å². The van der Waals surface area contributed by atoms with Crippen LogP contribution in [0.15, 0.2) is 0 Å². The Morgan fingerprint density at radius 2 is 1.50 bits per heavy atom. The summed E-state index contributed by atoms with van der Waals surface area (Å²) in [5, 5.41) is 3.79. The lowest BCUT2D eigenvalue weighted by molar-refractivity contribution is -0.158. The van der Waals surface area contributed by atoms with Gasteiger partial charge in [0.2, 0.25) is 5.91 Å². The maximum Gasteiger partial charge on any atom is 0.226 e. The molecule has 0 aliphatic heterocycles. The van der Waals surface area contributed by atoms with Crippen LogP contribution in [0.4, 0.5) is 0 Å². The van der Waals surface area contributed by atoms with Crippen molar-refractivity contribution in [3.05, 3.63) is 0 Å². The van der Waals surface area contributed by atoms with Crippen molar-refractivity contribution in [2.75, 3.05) is 0 Å². The third-order valence-electron chi connectivity index (χ3n) is 9.52. The van der Waals surface area contributed by atoms with E-state index in [9.17, 15) is 4.79 Å². The van der Waals surface area contributed by atoms with Crippen LogP contribution in [-0.2, 0) is 4.79 Å². The number of fused-ring (bicyclic) bond motifs is 1. The summed E-state index contributed by atoms with van der Waals surface area (Å²) >= 11 is 0. The van der Waals surface area contributed by atoms with E-state index in [1.165, 1.54) is 83.5 Å². The average molecular weight is 328 g/mol. The standard InChI is InChI=1S/C22H33NO/c24-20(22-5-1-2-18-9-14(13-22)3-4-19(18)22)23-21-10-15-6-16(11-21)8-17(7-15)12-21/h14-19H,1-13H2,(H,23,24). The minimum absolute atomic E-state index is 0.0490. The van der Waals surface area contributed by atoms with Gasteiger partial charge in [-0.3, -0.25) is 4.79 Å². The minimum atomic E-state index is 0.0490. The molecule has 8 bridgehead atoms. The predicted octanol–water partition coefficient (Wildman–Crippen LogP) is 4.68. The molecule has 0 heterocycles. The molecule has 0 saturated heterocycles. The van der Waals surface area contributed by atoms with Crippen LogP contribution >= 0.6 is 0 Å². The van der Waals surface area contributed by atoms with Gasteiger partial charge in [0, 0.05) is 5.54 Å². The molecule has 0 aromatic rings. The van der Waals surface area contributed by atoms with Crippen molar-refractivity contribution in [3.63, 3.8) is 0 Å². The number of hydrogen-bond acceptors (Lipinski definition) is 1. The predicted molar refractivity (Wildman–Crippen MR) is 94.3 cm³/mol. The number of carbonyl (C=O) groups excluding carboxylic acids is 1. The lowest BCUT2D eigenvalue weighted by Crippen LogP contribution is -2.65. The molecular formula is C22H33NO. The quantitative estimate of drug-likeness (QED) is 0.784. The summed E-state index contributed by atoms with van der Waals surface area (Å²) in [6.07, 6.45) is 17.7. The molecule has 2 nitrogen and oxygen atoms in total. The summed E-state index contributed by atoms with van der Waals surface area (Å²) in [4.78, 5) is 13.7. The largest absolute Gasteiger partial charge is 0.350 e. The summed E-state index contributed by atoms with van der Waals surface area (Å²) in [5.41, 5.74) is 0.262. The molecule has 0 aromatic heterocycles. The van der Waals surface area contributed by atoms with Crippen LogP contribution < -0.4 is 5.32 Å². The summed E-state index contributed by atoms with van der Waals surface area (Å²) in [6, 6.07) is 0. The van der Waals surface area contributed by atoms with Gasteiger partial charge < -0.3 is 5.32 Å². The topological polar surface area (TPSA) is 29.1 Å². The fraction of sp³-hybridized carbons (Fsp3) is 0.955. The molecule has 1 N–H and O–H groups in total. The van der Waals surface area contributed by atoms with E-state index in [1.807, 2.05) is 0 Å². The van der Waals surface area contributed by atoms with Crippen molar-refractivity contribution in [3.8, 4) is 0 Å². The van der Waals surface area contributed by atoms with E-state index >= 15 is 0 Å². The highest BCUT2D eigenvalue weighted by Gasteiger charge is 2.59. The van der Waals surface area contributed by atoms with Crippen molar-refractivity contribution < 1.29 is 4.79 Å². The number of hydrogen-bond donors (Lipinski definition) is 1. The van der Waals surface area contributed by atoms with Crippen molar-refractivity contribution in [1.29, 1.82) is 0 Å². The Morgan fingerprint density at radius 1 is 0.792 bits per heavy atom. The zero-order valence-corrected chi connectivity index (χ0v) is 15.1. The fourth-order valence-corrected chi connectivity index (χ4v) is 9.23. The van der Waals surface area contributed by atoms with Gasteiger partial charge in [-0.05, 0) is 99.7 Å². The van der Waals surface area contributed by atoms with E-state index in [4.69, 9.17) is 0 Å². The number of nitrogens with one attached hydrogen (secondary N) is 1. The zero-order chi connectivity index (χ0) is 15.9. The Balaban J connectivity index is 1.28. The van der Waals surface area contributed by atoms with E-state index in [1.54, 1.807) is 0 Å². The first-order valence-electron chi connectivity index (χ1n) is 11.0. The summed E-state index contributed by atoms with van der Waals surface area (Å²) in [5.74, 6) is 5.77. The molecule has 8 fully saturated rings. The molecule has 4 unspecified atom stereocenters. The Bertz CT molecular complexity index is 533. The van der Waals surface area contributed by atoms with Gasteiger partial charge in [0.25, 0.3) is 0 Å². The second-order valence-corrected chi connectivity index (χ2v) is 11.0. The average Bonchev–Trinajstić information content (AvgIpc) is 2.53. The van der Waals surface area contributed by atoms with Crippen molar-refractivity contribution in [2.24, 2.45) is 40.9 Å². The highest BCUT2D eigenvalue weighted by atomic mass is 16.2. The number of rotatable bonds is 2. The molecular weight excluding hydrogens is 294 g/mol. The Labute approximate surface area is 146 Å². The molecule has 2 heteroatoms. The first-order valence-corrected chi connectivity index (χ1v) is 11.0. The summed E-state index contributed by atoms with van der Waals surface area (Å²) in [6.45, 7) is 0. The van der Waals surface area contributed by atoms with E-state index in [-0.39, 0.29) is 11.0 Å². The van der Waals surface area contributed by atoms with Crippen LogP contribution in [0.3, 0.4) is 0 Å². The second-order valence-electron chi connectivity index (χ2n) is 11.0. The molecule has 4 atom stereocenters. The zero-order valence-electron chi connectivity index (χ0n) is 15.1. The normalized spacial score (nSPS) is 57.2. The number of carbonyl (C=O) groups is 1. The van der Waals surface area contributed by atoms with E-state index in [0.29, 0.717) is 5.91 Å². The molecule has 8 aliphatic rings. The van der Waals surface area contributed by atoms with E-state index < -0.39 is 0 Å². The summed E-state index contributed by atoms with van der Waals surface area (Å²) in [7, 11) is 0. The fourth-order valence-electron chi connectivity index (χ4n) is 9.23. The van der Waals surface area contributed by atoms with Gasteiger partial charge in [0.15, 0.2) is 0 Å². The smallest absolute Gasteiger partial charge is 0.226 e. The van der Waals surface area contributed by atoms with Crippen LogP contribution in [0.5, 0.6) is 0 Å². The first kappa shape index (κ1) is 14.6. The first-order chi connectivity index (χ1) is 11.6. The van der Waals surface area contributed by atoms with Gasteiger partial charge in [-0.1, -0.05) is 19.3 Å². The van der Waals surface area contributed by atoms with Gasteiger partial charge in [-0.15, -0.1) is 0 Å². The van der Waals surface area contributed by atoms with Gasteiger partial charge in [0.05, 0.1) is 5.41 Å². The third-order valence-corrected chi connectivity index (χ3v) is 9.52. The van der Waals surface area contributed by atoms with Crippen molar-refractivity contribution >= 4 is 5.91 Å². The molecule has 0 spiro atoms. The van der Waals surface area contributed by atoms with E-state index in [0.717, 1.165) is 35.5 Å². The monoisotopic (exact) mass is 327 g/mol. The molecule has 0 aromatic carbocycles. The second kappa shape index (κ2) is 4.80. The summed E-state index contributed by atoms with van der Waals surface area (Å²) < 4.78 is 0. The molecule has 24 heavy (non-hydrogen) atoms. The lowest BCUT2D eigenvalue weighted by atomic mass is 9.46. The number of amides is 1. The molecule has 8 saturated carbocycles. The van der Waals surface area contributed by atoms with Crippen LogP contribution in [-0.4, -0.2) is 11.4 Å². The van der Waals surface area contributed by atoms with E-state index in [2.05, 4.69) is 5.32 Å². The van der Waals surface area contributed by atoms with Crippen molar-refractivity contribution in [2.45, 2.75) is 89.0 Å². The maximum atomic E-state index is 13.7. The van der Waals surface area contributed by atoms with Gasteiger partial charge in [-0.2, -0.15) is 0 Å². The lowest BCUT2D eigenvalue weighted by Gasteiger charge is -2.60. The van der Waals surface area contributed by atoms with Crippen LogP contribution in [0.25, 0.3) is 0 Å². The SMILES string of the molecule is O=C(NC12CC3CC(CC(C3)C1)C2)C12CCCC3CC(CCC31)C2. The van der Waals surface area contributed by atoms with Gasteiger partial charge >= 0.3 is 0 Å². The minimum Gasteiger partial charge on any atom is -0.350 e. The maximum absolute atomic E-state index is 13.7. The third kappa shape index (κ3) is 1.92. The Hall–Kier alpha value is -0.530. The Morgan fingerprint density at radius 3 is 2.17 bits per heavy atom. The molecule has 0 radical (unpaired) electrons. The Kier molecular flexibility index (Phi) is 2.92. The molecule has 132 valence electrons.